The molecule has 0 unspecified atom stereocenters. The smallest absolute Gasteiger partial charge is 0.0572 e. The van der Waals surface area contributed by atoms with Gasteiger partial charge in [0.2, 0.25) is 0 Å². The quantitative estimate of drug-likeness (QED) is 0.813. The molecule has 0 radical (unpaired) electrons. The predicted octanol–water partition coefficient (Wildman–Crippen LogP) is 1.46. The van der Waals surface area contributed by atoms with Crippen LogP contribution in [0.25, 0.3) is 0 Å². The van der Waals surface area contributed by atoms with Crippen molar-refractivity contribution in [3.8, 4) is 0 Å². The van der Waals surface area contributed by atoms with Crippen molar-refractivity contribution in [2.45, 2.75) is 19.4 Å². The number of hydrogen-bond donors (Lipinski definition) is 1. The van der Waals surface area contributed by atoms with E-state index in [0.717, 1.165) is 25.2 Å². The van der Waals surface area contributed by atoms with Gasteiger partial charge in [-0.1, -0.05) is 6.07 Å². The number of aliphatic hydroxyl groups is 1. The third-order valence-corrected chi connectivity index (χ3v) is 3.24. The Morgan fingerprint density at radius 1 is 1.60 bits per heavy atom. The zero-order valence-electron chi connectivity index (χ0n) is 9.13. The third kappa shape index (κ3) is 2.36. The molecule has 1 saturated heterocycles. The molecule has 0 aromatic carbocycles. The van der Waals surface area contributed by atoms with Crippen molar-refractivity contribution in [2.75, 3.05) is 19.7 Å². The SMILES string of the molecule is C[C@@H](c1ccccn1)N1CC[C@H](CO)C1. The fourth-order valence-corrected chi connectivity index (χ4v) is 2.17. The van der Waals surface area contributed by atoms with E-state index in [-0.39, 0.29) is 0 Å². The molecule has 82 valence electrons. The minimum absolute atomic E-state index is 0.311. The highest BCUT2D eigenvalue weighted by atomic mass is 16.3. The first kappa shape index (κ1) is 10.6. The van der Waals surface area contributed by atoms with Gasteiger partial charge in [0, 0.05) is 25.4 Å². The summed E-state index contributed by atoms with van der Waals surface area (Å²) in [5, 5.41) is 9.09. The largest absolute Gasteiger partial charge is 0.396 e. The van der Waals surface area contributed by atoms with Gasteiger partial charge in [0.1, 0.15) is 0 Å². The minimum atomic E-state index is 0.311. The maximum atomic E-state index is 9.09. The van der Waals surface area contributed by atoms with Crippen LogP contribution in [0.1, 0.15) is 25.1 Å². The van der Waals surface area contributed by atoms with Gasteiger partial charge in [0.15, 0.2) is 0 Å². The van der Waals surface area contributed by atoms with Gasteiger partial charge in [-0.05, 0) is 37.9 Å². The lowest BCUT2D eigenvalue weighted by atomic mass is 10.1. The Morgan fingerprint density at radius 2 is 2.47 bits per heavy atom. The van der Waals surface area contributed by atoms with Gasteiger partial charge in [-0.3, -0.25) is 9.88 Å². The second-order valence-electron chi connectivity index (χ2n) is 4.26. The summed E-state index contributed by atoms with van der Waals surface area (Å²) in [5.74, 6) is 0.455. The molecule has 3 heteroatoms. The molecule has 1 aliphatic heterocycles. The highest BCUT2D eigenvalue weighted by Gasteiger charge is 2.26. The summed E-state index contributed by atoms with van der Waals surface area (Å²) >= 11 is 0. The van der Waals surface area contributed by atoms with E-state index in [1.165, 1.54) is 0 Å². The lowest BCUT2D eigenvalue weighted by Crippen LogP contribution is -2.25. The van der Waals surface area contributed by atoms with Gasteiger partial charge < -0.3 is 5.11 Å². The summed E-state index contributed by atoms with van der Waals surface area (Å²) < 4.78 is 0. The summed E-state index contributed by atoms with van der Waals surface area (Å²) in [5.41, 5.74) is 1.12. The van der Waals surface area contributed by atoms with Crippen LogP contribution < -0.4 is 0 Å². The topological polar surface area (TPSA) is 36.4 Å². The molecule has 3 nitrogen and oxygen atoms in total. The van der Waals surface area contributed by atoms with Crippen molar-refractivity contribution in [1.29, 1.82) is 0 Å². The van der Waals surface area contributed by atoms with E-state index < -0.39 is 0 Å². The van der Waals surface area contributed by atoms with E-state index in [9.17, 15) is 0 Å². The second kappa shape index (κ2) is 4.73. The van der Waals surface area contributed by atoms with Crippen LogP contribution in [-0.2, 0) is 0 Å². The first-order valence-electron chi connectivity index (χ1n) is 5.57. The lowest BCUT2D eigenvalue weighted by molar-refractivity contribution is 0.203. The number of likely N-dealkylation sites (tertiary alicyclic amines) is 1. The summed E-state index contributed by atoms with van der Waals surface area (Å²) in [7, 11) is 0. The average Bonchev–Trinajstić information content (AvgIpc) is 2.78. The number of pyridine rings is 1. The molecular formula is C12H18N2O. The number of aliphatic hydroxyl groups excluding tert-OH is 1. The fourth-order valence-electron chi connectivity index (χ4n) is 2.17. The van der Waals surface area contributed by atoms with Crippen molar-refractivity contribution in [1.82, 2.24) is 9.88 Å². The molecule has 1 N–H and O–H groups in total. The molecule has 1 fully saturated rings. The molecule has 2 rings (SSSR count). The van der Waals surface area contributed by atoms with Crippen molar-refractivity contribution in [3.63, 3.8) is 0 Å². The van der Waals surface area contributed by atoms with Crippen molar-refractivity contribution >= 4 is 0 Å². The Morgan fingerprint density at radius 3 is 3.07 bits per heavy atom. The summed E-state index contributed by atoms with van der Waals surface area (Å²) in [6, 6.07) is 6.40. The average molecular weight is 206 g/mol. The van der Waals surface area contributed by atoms with Gasteiger partial charge in [0.05, 0.1) is 5.69 Å². The monoisotopic (exact) mass is 206 g/mol. The highest BCUT2D eigenvalue weighted by molar-refractivity contribution is 5.08. The van der Waals surface area contributed by atoms with Crippen molar-refractivity contribution < 1.29 is 5.11 Å². The van der Waals surface area contributed by atoms with E-state index in [1.54, 1.807) is 0 Å². The van der Waals surface area contributed by atoms with Gasteiger partial charge in [-0.25, -0.2) is 0 Å². The van der Waals surface area contributed by atoms with Crippen LogP contribution in [0.3, 0.4) is 0 Å². The predicted molar refractivity (Wildman–Crippen MR) is 59.4 cm³/mol. The van der Waals surface area contributed by atoms with Crippen LogP contribution in [0, 0.1) is 5.92 Å². The van der Waals surface area contributed by atoms with E-state index in [0.29, 0.717) is 18.6 Å². The molecule has 0 bridgehead atoms. The Balaban J connectivity index is 2.00. The molecule has 1 aromatic rings. The second-order valence-corrected chi connectivity index (χ2v) is 4.26. The normalized spacial score (nSPS) is 24.3. The van der Waals surface area contributed by atoms with E-state index >= 15 is 0 Å². The maximum absolute atomic E-state index is 9.09. The van der Waals surface area contributed by atoms with Crippen LogP contribution in [-0.4, -0.2) is 34.7 Å². The van der Waals surface area contributed by atoms with Gasteiger partial charge >= 0.3 is 0 Å². The summed E-state index contributed by atoms with van der Waals surface area (Å²) in [4.78, 5) is 6.76. The molecule has 0 spiro atoms. The molecule has 15 heavy (non-hydrogen) atoms. The van der Waals surface area contributed by atoms with Crippen LogP contribution >= 0.6 is 0 Å². The van der Waals surface area contributed by atoms with Crippen molar-refractivity contribution in [2.24, 2.45) is 5.92 Å². The molecule has 0 saturated carbocycles. The van der Waals surface area contributed by atoms with Gasteiger partial charge in [-0.2, -0.15) is 0 Å². The van der Waals surface area contributed by atoms with Crippen LogP contribution in [0.15, 0.2) is 24.4 Å². The van der Waals surface area contributed by atoms with Gasteiger partial charge in [-0.15, -0.1) is 0 Å². The number of rotatable bonds is 3. The Kier molecular flexibility index (Phi) is 3.34. The zero-order valence-corrected chi connectivity index (χ0v) is 9.13. The number of hydrogen-bond acceptors (Lipinski definition) is 3. The Labute approximate surface area is 90.8 Å². The lowest BCUT2D eigenvalue weighted by Gasteiger charge is -2.23. The molecule has 0 aliphatic carbocycles. The highest BCUT2D eigenvalue weighted by Crippen LogP contribution is 2.25. The molecule has 1 aromatic heterocycles. The zero-order chi connectivity index (χ0) is 10.7. The van der Waals surface area contributed by atoms with E-state index in [4.69, 9.17) is 5.11 Å². The molecule has 1 aliphatic rings. The van der Waals surface area contributed by atoms with Crippen molar-refractivity contribution in [3.05, 3.63) is 30.1 Å². The third-order valence-electron chi connectivity index (χ3n) is 3.24. The summed E-state index contributed by atoms with van der Waals surface area (Å²) in [6.45, 7) is 4.56. The summed E-state index contributed by atoms with van der Waals surface area (Å²) in [6.07, 6.45) is 2.94. The number of nitrogens with zero attached hydrogens (tertiary/aromatic N) is 2. The van der Waals surface area contributed by atoms with E-state index in [2.05, 4.69) is 22.9 Å². The fraction of sp³-hybridized carbons (Fsp3) is 0.583. The standard InChI is InChI=1S/C12H18N2O/c1-10(12-4-2-3-6-13-12)14-7-5-11(8-14)9-15/h2-4,6,10-11,15H,5,7-9H2,1H3/t10-,11-/m0/s1. The minimum Gasteiger partial charge on any atom is -0.396 e. The van der Waals surface area contributed by atoms with Crippen LogP contribution in [0.2, 0.25) is 0 Å². The first-order valence-corrected chi connectivity index (χ1v) is 5.57. The van der Waals surface area contributed by atoms with Crippen LogP contribution in [0.4, 0.5) is 0 Å². The Hall–Kier alpha value is -0.930. The number of aromatic nitrogens is 1. The van der Waals surface area contributed by atoms with Crippen LogP contribution in [0.5, 0.6) is 0 Å². The molecular weight excluding hydrogens is 188 g/mol. The molecule has 2 atom stereocenters. The molecule has 0 amide bonds. The first-order chi connectivity index (χ1) is 7.31. The Bertz CT molecular complexity index is 302. The maximum Gasteiger partial charge on any atom is 0.0572 e. The van der Waals surface area contributed by atoms with E-state index in [1.807, 2.05) is 18.3 Å². The molecule has 2 heterocycles. The van der Waals surface area contributed by atoms with Gasteiger partial charge in [0.25, 0.3) is 0 Å².